The molecule has 1 aromatic heterocycles. The molecule has 1 amide bonds. The molecule has 0 aliphatic rings. The maximum Gasteiger partial charge on any atom is 0.251 e. The van der Waals surface area contributed by atoms with E-state index in [1.54, 1.807) is 31.4 Å². The van der Waals surface area contributed by atoms with Gasteiger partial charge >= 0.3 is 0 Å². The van der Waals surface area contributed by atoms with Gasteiger partial charge in [-0.3, -0.25) is 4.79 Å². The van der Waals surface area contributed by atoms with Gasteiger partial charge in [0.15, 0.2) is 0 Å². The van der Waals surface area contributed by atoms with Crippen molar-refractivity contribution < 1.29 is 9.53 Å². The fourth-order valence-corrected chi connectivity index (χ4v) is 3.78. The number of para-hydroxylation sites is 2. The summed E-state index contributed by atoms with van der Waals surface area (Å²) in [4.78, 5) is 17.1. The van der Waals surface area contributed by atoms with Crippen LogP contribution in [-0.2, 0) is 13.0 Å². The number of amides is 1. The fourth-order valence-electron chi connectivity index (χ4n) is 3.59. The molecule has 158 valence electrons. The molecule has 31 heavy (non-hydrogen) atoms. The number of fused-ring (bicyclic) bond motifs is 1. The number of carbonyl (C=O) groups is 1. The molecular weight excluding hydrogens is 410 g/mol. The molecule has 3 aromatic carbocycles. The molecule has 0 saturated carbocycles. The number of nitrogens with one attached hydrogen (secondary N) is 1. The summed E-state index contributed by atoms with van der Waals surface area (Å²) in [5, 5.41) is 3.52. The Morgan fingerprint density at radius 2 is 1.87 bits per heavy atom. The molecule has 4 rings (SSSR count). The second kappa shape index (κ2) is 9.67. The molecule has 1 heterocycles. The second-order valence-electron chi connectivity index (χ2n) is 7.32. The van der Waals surface area contributed by atoms with Crippen molar-refractivity contribution in [3.05, 3.63) is 94.8 Å². The van der Waals surface area contributed by atoms with Gasteiger partial charge in [-0.05, 0) is 54.4 Å². The number of hydrogen-bond acceptors (Lipinski definition) is 3. The summed E-state index contributed by atoms with van der Waals surface area (Å²) in [5.41, 5.74) is 3.84. The molecule has 0 saturated heterocycles. The van der Waals surface area contributed by atoms with Gasteiger partial charge in [0.1, 0.15) is 11.6 Å². The third kappa shape index (κ3) is 5.06. The number of rotatable bonds is 8. The first-order chi connectivity index (χ1) is 15.1. The molecule has 0 spiro atoms. The number of aryl methyl sites for hydroxylation is 1. The molecule has 0 bridgehead atoms. The van der Waals surface area contributed by atoms with Crippen LogP contribution in [0.2, 0.25) is 5.02 Å². The van der Waals surface area contributed by atoms with Crippen LogP contribution in [0, 0.1) is 0 Å². The van der Waals surface area contributed by atoms with E-state index in [4.69, 9.17) is 21.3 Å². The molecule has 5 nitrogen and oxygen atoms in total. The zero-order chi connectivity index (χ0) is 21.6. The molecule has 0 fully saturated rings. The quantitative estimate of drug-likeness (QED) is 0.393. The lowest BCUT2D eigenvalue weighted by molar-refractivity contribution is 0.0953. The summed E-state index contributed by atoms with van der Waals surface area (Å²) in [6.07, 6.45) is 1.55. The molecule has 1 N–H and O–H groups in total. The average molecular weight is 434 g/mol. The Kier molecular flexibility index (Phi) is 6.53. The summed E-state index contributed by atoms with van der Waals surface area (Å²) < 4.78 is 7.51. The topological polar surface area (TPSA) is 56.1 Å². The monoisotopic (exact) mass is 433 g/mol. The lowest BCUT2D eigenvalue weighted by Gasteiger charge is -2.11. The maximum atomic E-state index is 12.3. The van der Waals surface area contributed by atoms with Gasteiger partial charge in [-0.25, -0.2) is 4.98 Å². The van der Waals surface area contributed by atoms with Crippen molar-refractivity contribution in [2.45, 2.75) is 19.4 Å². The molecular formula is C25H24ClN3O2. The summed E-state index contributed by atoms with van der Waals surface area (Å²) in [7, 11) is 1.67. The third-order valence-corrected chi connectivity index (χ3v) is 5.42. The second-order valence-corrected chi connectivity index (χ2v) is 7.76. The van der Waals surface area contributed by atoms with E-state index in [9.17, 15) is 4.79 Å². The zero-order valence-electron chi connectivity index (χ0n) is 17.3. The van der Waals surface area contributed by atoms with Crippen molar-refractivity contribution in [1.82, 2.24) is 14.9 Å². The Balaban J connectivity index is 1.44. The van der Waals surface area contributed by atoms with Gasteiger partial charge in [0.25, 0.3) is 5.91 Å². The lowest BCUT2D eigenvalue weighted by Crippen LogP contribution is -2.25. The number of carbonyl (C=O) groups excluding carboxylic acids is 1. The lowest BCUT2D eigenvalue weighted by atomic mass is 10.2. The first kappa shape index (κ1) is 20.9. The van der Waals surface area contributed by atoms with Crippen LogP contribution in [0.5, 0.6) is 5.75 Å². The number of ether oxygens (including phenoxy) is 1. The number of nitrogens with zero attached hydrogens (tertiary/aromatic N) is 2. The smallest absolute Gasteiger partial charge is 0.251 e. The van der Waals surface area contributed by atoms with Gasteiger partial charge in [-0.1, -0.05) is 41.9 Å². The Morgan fingerprint density at radius 3 is 2.65 bits per heavy atom. The van der Waals surface area contributed by atoms with Crippen LogP contribution in [0.1, 0.15) is 28.2 Å². The van der Waals surface area contributed by atoms with Crippen molar-refractivity contribution in [3.63, 3.8) is 0 Å². The summed E-state index contributed by atoms with van der Waals surface area (Å²) in [6, 6.07) is 23.2. The Morgan fingerprint density at radius 1 is 1.06 bits per heavy atom. The number of halogens is 1. The summed E-state index contributed by atoms with van der Waals surface area (Å²) in [5.74, 6) is 1.73. The first-order valence-corrected chi connectivity index (χ1v) is 10.6. The van der Waals surface area contributed by atoms with Crippen LogP contribution in [0.25, 0.3) is 11.0 Å². The largest absolute Gasteiger partial charge is 0.497 e. The van der Waals surface area contributed by atoms with E-state index in [0.29, 0.717) is 17.1 Å². The van der Waals surface area contributed by atoms with E-state index < -0.39 is 0 Å². The molecule has 0 radical (unpaired) electrons. The van der Waals surface area contributed by atoms with Gasteiger partial charge in [-0.15, -0.1) is 0 Å². The summed E-state index contributed by atoms with van der Waals surface area (Å²) in [6.45, 7) is 1.30. The Hall–Kier alpha value is -3.31. The highest BCUT2D eigenvalue weighted by Crippen LogP contribution is 2.20. The Bertz CT molecular complexity index is 1190. The van der Waals surface area contributed by atoms with Crippen LogP contribution in [-0.4, -0.2) is 29.1 Å². The van der Waals surface area contributed by atoms with Crippen molar-refractivity contribution in [1.29, 1.82) is 0 Å². The predicted octanol–water partition coefficient (Wildman–Crippen LogP) is 5.11. The Labute approximate surface area is 186 Å². The highest BCUT2D eigenvalue weighted by atomic mass is 35.5. The van der Waals surface area contributed by atoms with E-state index in [1.807, 2.05) is 30.3 Å². The van der Waals surface area contributed by atoms with Gasteiger partial charge < -0.3 is 14.6 Å². The van der Waals surface area contributed by atoms with Crippen molar-refractivity contribution in [3.8, 4) is 5.75 Å². The number of methoxy groups -OCH3 is 1. The highest BCUT2D eigenvalue weighted by molar-refractivity contribution is 6.30. The molecule has 6 heteroatoms. The minimum atomic E-state index is -0.116. The predicted molar refractivity (Wildman–Crippen MR) is 124 cm³/mol. The zero-order valence-corrected chi connectivity index (χ0v) is 18.1. The van der Waals surface area contributed by atoms with Crippen molar-refractivity contribution in [2.24, 2.45) is 0 Å². The number of benzene rings is 3. The highest BCUT2D eigenvalue weighted by Gasteiger charge is 2.12. The molecule has 0 unspecified atom stereocenters. The van der Waals surface area contributed by atoms with Crippen LogP contribution in [0.15, 0.2) is 72.8 Å². The van der Waals surface area contributed by atoms with Crippen LogP contribution in [0.3, 0.4) is 0 Å². The van der Waals surface area contributed by atoms with Gasteiger partial charge in [0, 0.05) is 30.1 Å². The van der Waals surface area contributed by atoms with Crippen LogP contribution >= 0.6 is 11.6 Å². The van der Waals surface area contributed by atoms with E-state index in [2.05, 4.69) is 28.1 Å². The van der Waals surface area contributed by atoms with E-state index >= 15 is 0 Å². The summed E-state index contributed by atoms with van der Waals surface area (Å²) >= 11 is 5.97. The fraction of sp³-hybridized carbons (Fsp3) is 0.200. The van der Waals surface area contributed by atoms with E-state index in [0.717, 1.165) is 42.0 Å². The maximum absolute atomic E-state index is 12.3. The third-order valence-electron chi connectivity index (χ3n) is 5.18. The van der Waals surface area contributed by atoms with Crippen LogP contribution in [0.4, 0.5) is 0 Å². The minimum absolute atomic E-state index is 0.116. The van der Waals surface area contributed by atoms with Crippen LogP contribution < -0.4 is 10.1 Å². The molecule has 0 atom stereocenters. The molecule has 0 aliphatic carbocycles. The molecule has 4 aromatic rings. The SMILES string of the molecule is COc1ccc(Cn2c(CCCNC(=O)c3cccc(Cl)c3)nc3ccccc32)cc1. The number of aromatic nitrogens is 2. The van der Waals surface area contributed by atoms with Gasteiger partial charge in [0.2, 0.25) is 0 Å². The van der Waals surface area contributed by atoms with E-state index in [-0.39, 0.29) is 5.91 Å². The van der Waals surface area contributed by atoms with E-state index in [1.165, 1.54) is 5.56 Å². The normalized spacial score (nSPS) is 10.9. The standard InChI is InChI=1S/C25H24ClN3O2/c1-31-21-13-11-18(12-14-21)17-29-23-9-3-2-8-22(23)28-24(29)10-5-15-27-25(30)19-6-4-7-20(26)16-19/h2-4,6-9,11-14,16H,5,10,15,17H2,1H3,(H,27,30). The first-order valence-electron chi connectivity index (χ1n) is 10.2. The number of hydrogen-bond donors (Lipinski definition) is 1. The van der Waals surface area contributed by atoms with Crippen molar-refractivity contribution >= 4 is 28.5 Å². The molecule has 0 aliphatic heterocycles. The average Bonchev–Trinajstić information content (AvgIpc) is 3.14. The number of imidazole rings is 1. The van der Waals surface area contributed by atoms with Gasteiger partial charge in [0.05, 0.1) is 18.1 Å². The minimum Gasteiger partial charge on any atom is -0.497 e. The van der Waals surface area contributed by atoms with Crippen molar-refractivity contribution in [2.75, 3.05) is 13.7 Å². The van der Waals surface area contributed by atoms with Gasteiger partial charge in [-0.2, -0.15) is 0 Å².